The van der Waals surface area contributed by atoms with Gasteiger partial charge in [-0.1, -0.05) is 64.0 Å². The van der Waals surface area contributed by atoms with Crippen molar-refractivity contribution in [3.63, 3.8) is 0 Å². The highest BCUT2D eigenvalue weighted by Gasteiger charge is 2.45. The first-order chi connectivity index (χ1) is 18.3. The van der Waals surface area contributed by atoms with Crippen molar-refractivity contribution in [3.05, 3.63) is 6.20 Å². The summed E-state index contributed by atoms with van der Waals surface area (Å²) in [4.78, 5) is 25.4. The Balaban J connectivity index is 1.81. The van der Waals surface area contributed by atoms with E-state index in [-0.39, 0.29) is 18.3 Å². The van der Waals surface area contributed by atoms with Crippen LogP contribution in [0.15, 0.2) is 6.20 Å². The molecule has 13 heteroatoms. The first-order valence-electron chi connectivity index (χ1n) is 13.7. The normalized spacial score (nSPS) is 22.8. The van der Waals surface area contributed by atoms with E-state index in [1.54, 1.807) is 11.8 Å². The van der Waals surface area contributed by atoms with Gasteiger partial charge in [-0.05, 0) is 18.6 Å². The monoisotopic (exact) mass is 559 g/mol. The standard InChI is InChI=1S/C25H45N5O7S/c1-3-5-6-7-8-9-10-11-12-20(32)26-17(16-38-13-4-2)24(35)27-19-15-30(29-28-19)14-18(31)23-21(33)22(34)25(36)37-23/h15,17-18,21-23,25,31,33-34,36H,3-14,16H2,1-2H3,(H,26,32)(H,27,35)/t17-,18+,21+,22+,23?,25?/m1/s1. The van der Waals surface area contributed by atoms with Gasteiger partial charge >= 0.3 is 0 Å². The number of amides is 2. The topological polar surface area (TPSA) is 179 Å². The number of carbonyl (C=O) groups is 2. The van der Waals surface area contributed by atoms with E-state index >= 15 is 0 Å². The number of aliphatic hydroxyl groups is 4. The van der Waals surface area contributed by atoms with Crippen molar-refractivity contribution in [2.45, 2.75) is 121 Å². The summed E-state index contributed by atoms with van der Waals surface area (Å²) in [6.45, 7) is 4.09. The zero-order valence-corrected chi connectivity index (χ0v) is 23.3. The van der Waals surface area contributed by atoms with Crippen LogP contribution in [0.4, 0.5) is 5.82 Å². The third-order valence-corrected chi connectivity index (χ3v) is 7.63. The van der Waals surface area contributed by atoms with Gasteiger partial charge in [0.25, 0.3) is 0 Å². The number of rotatable bonds is 19. The van der Waals surface area contributed by atoms with Crippen LogP contribution in [-0.4, -0.2) is 95.5 Å². The van der Waals surface area contributed by atoms with Crippen LogP contribution >= 0.6 is 11.8 Å². The van der Waals surface area contributed by atoms with Crippen LogP contribution < -0.4 is 10.6 Å². The van der Waals surface area contributed by atoms with Gasteiger partial charge in [-0.2, -0.15) is 11.8 Å². The quantitative estimate of drug-likeness (QED) is 0.135. The molecule has 0 saturated carbocycles. The molecule has 1 aromatic heterocycles. The minimum atomic E-state index is -1.59. The number of hydrogen-bond donors (Lipinski definition) is 6. The van der Waals surface area contributed by atoms with E-state index in [1.165, 1.54) is 43.0 Å². The maximum atomic E-state index is 12.9. The Bertz CT molecular complexity index is 830. The molecule has 0 aromatic carbocycles. The Hall–Kier alpha value is -1.77. The lowest BCUT2D eigenvalue weighted by Crippen LogP contribution is -2.45. The number of carbonyl (C=O) groups excluding carboxylic acids is 2. The molecular formula is C25H45N5O7S. The van der Waals surface area contributed by atoms with Gasteiger partial charge in [0.1, 0.15) is 30.5 Å². The Morgan fingerprint density at radius 2 is 1.74 bits per heavy atom. The van der Waals surface area contributed by atoms with Crippen LogP contribution in [-0.2, 0) is 20.9 Å². The van der Waals surface area contributed by atoms with Crippen LogP contribution in [0.2, 0.25) is 0 Å². The summed E-state index contributed by atoms with van der Waals surface area (Å²) in [5, 5.41) is 52.6. The lowest BCUT2D eigenvalue weighted by molar-refractivity contribution is -0.147. The second-order valence-corrected chi connectivity index (χ2v) is 10.9. The highest BCUT2D eigenvalue weighted by atomic mass is 32.2. The molecule has 1 aliphatic heterocycles. The molecule has 38 heavy (non-hydrogen) atoms. The molecule has 1 fully saturated rings. The predicted molar refractivity (Wildman–Crippen MR) is 144 cm³/mol. The molecule has 1 aromatic rings. The van der Waals surface area contributed by atoms with Crippen molar-refractivity contribution < 1.29 is 34.8 Å². The van der Waals surface area contributed by atoms with E-state index in [0.29, 0.717) is 12.2 Å². The molecule has 6 N–H and O–H groups in total. The van der Waals surface area contributed by atoms with Crippen LogP contribution in [0.25, 0.3) is 0 Å². The fourth-order valence-electron chi connectivity index (χ4n) is 4.17. The second-order valence-electron chi connectivity index (χ2n) is 9.77. The molecule has 0 radical (unpaired) electrons. The zero-order valence-electron chi connectivity index (χ0n) is 22.5. The smallest absolute Gasteiger partial charge is 0.249 e. The van der Waals surface area contributed by atoms with Crippen molar-refractivity contribution in [3.8, 4) is 0 Å². The Labute approximate surface area is 228 Å². The Morgan fingerprint density at radius 3 is 2.37 bits per heavy atom. The number of aliphatic hydroxyl groups excluding tert-OH is 4. The lowest BCUT2D eigenvalue weighted by atomic mass is 10.1. The summed E-state index contributed by atoms with van der Waals surface area (Å²) in [5.74, 6) is 0.866. The minimum absolute atomic E-state index is 0.137. The maximum absolute atomic E-state index is 12.9. The largest absolute Gasteiger partial charge is 0.388 e. The Kier molecular flexibility index (Phi) is 15.2. The molecule has 0 spiro atoms. The van der Waals surface area contributed by atoms with E-state index in [4.69, 9.17) is 4.74 Å². The third kappa shape index (κ3) is 11.1. The average Bonchev–Trinajstić information content (AvgIpc) is 3.43. The van der Waals surface area contributed by atoms with Crippen molar-refractivity contribution in [1.82, 2.24) is 20.3 Å². The molecule has 12 nitrogen and oxygen atoms in total. The molecule has 2 heterocycles. The minimum Gasteiger partial charge on any atom is -0.388 e. The van der Waals surface area contributed by atoms with Crippen LogP contribution in [0.3, 0.4) is 0 Å². The van der Waals surface area contributed by atoms with Crippen LogP contribution in [0.5, 0.6) is 0 Å². The SMILES string of the molecule is CCCCCCCCCCC(=O)N[C@H](CSCCC)C(=O)Nc1cn(C[C@H](O)C2OC(O)[C@@H](O)[C@@H]2O)nn1. The molecule has 1 saturated heterocycles. The molecule has 1 aliphatic rings. The molecule has 2 unspecified atom stereocenters. The molecule has 2 amide bonds. The van der Waals surface area contributed by atoms with E-state index in [0.717, 1.165) is 31.4 Å². The van der Waals surface area contributed by atoms with Gasteiger partial charge in [0.2, 0.25) is 11.8 Å². The summed E-state index contributed by atoms with van der Waals surface area (Å²) in [6.07, 6.45) is 4.75. The lowest BCUT2D eigenvalue weighted by Gasteiger charge is -2.20. The van der Waals surface area contributed by atoms with Crippen molar-refractivity contribution in [1.29, 1.82) is 0 Å². The fraction of sp³-hybridized carbons (Fsp3) is 0.840. The summed E-state index contributed by atoms with van der Waals surface area (Å²) >= 11 is 1.58. The number of nitrogens with one attached hydrogen (secondary N) is 2. The average molecular weight is 560 g/mol. The van der Waals surface area contributed by atoms with Crippen LogP contribution in [0, 0.1) is 0 Å². The molecular weight excluding hydrogens is 514 g/mol. The van der Waals surface area contributed by atoms with Crippen molar-refractivity contribution >= 4 is 29.4 Å². The molecule has 2 rings (SSSR count). The van der Waals surface area contributed by atoms with Gasteiger partial charge in [0.15, 0.2) is 12.1 Å². The Morgan fingerprint density at radius 1 is 1.05 bits per heavy atom. The van der Waals surface area contributed by atoms with Gasteiger partial charge in [-0.3, -0.25) is 9.59 Å². The van der Waals surface area contributed by atoms with E-state index in [9.17, 15) is 30.0 Å². The van der Waals surface area contributed by atoms with Gasteiger partial charge in [-0.25, -0.2) is 4.68 Å². The number of aromatic nitrogens is 3. The summed E-state index contributed by atoms with van der Waals surface area (Å²) in [5.41, 5.74) is 0. The van der Waals surface area contributed by atoms with E-state index in [2.05, 4.69) is 27.9 Å². The number of unbranched alkanes of at least 4 members (excludes halogenated alkanes) is 7. The highest BCUT2D eigenvalue weighted by Crippen LogP contribution is 2.23. The van der Waals surface area contributed by atoms with Crippen LogP contribution in [0.1, 0.15) is 78.1 Å². The third-order valence-electron chi connectivity index (χ3n) is 6.36. The number of thioether (sulfide) groups is 1. The summed E-state index contributed by atoms with van der Waals surface area (Å²) in [7, 11) is 0. The van der Waals surface area contributed by atoms with Crippen molar-refractivity contribution in [2.24, 2.45) is 0 Å². The highest BCUT2D eigenvalue weighted by molar-refractivity contribution is 7.99. The summed E-state index contributed by atoms with van der Waals surface area (Å²) < 4.78 is 6.24. The van der Waals surface area contributed by atoms with E-state index in [1.807, 2.05) is 6.92 Å². The van der Waals surface area contributed by atoms with Gasteiger partial charge in [-0.15, -0.1) is 5.10 Å². The predicted octanol–water partition coefficient (Wildman–Crippen LogP) is 1.18. The summed E-state index contributed by atoms with van der Waals surface area (Å²) in [6, 6.07) is -0.728. The maximum Gasteiger partial charge on any atom is 0.249 e. The molecule has 0 aliphatic carbocycles. The zero-order chi connectivity index (χ0) is 27.9. The van der Waals surface area contributed by atoms with Gasteiger partial charge in [0.05, 0.1) is 12.7 Å². The number of ether oxygens (including phenoxy) is 1. The number of hydrogen-bond acceptors (Lipinski definition) is 10. The number of anilines is 1. The van der Waals surface area contributed by atoms with Gasteiger partial charge in [0, 0.05) is 12.2 Å². The molecule has 6 atom stereocenters. The first-order valence-corrected chi connectivity index (χ1v) is 14.9. The molecule has 218 valence electrons. The van der Waals surface area contributed by atoms with Crippen molar-refractivity contribution in [2.75, 3.05) is 16.8 Å². The first kappa shape index (κ1) is 32.4. The number of nitrogens with zero attached hydrogens (tertiary/aromatic N) is 3. The van der Waals surface area contributed by atoms with E-state index < -0.39 is 42.7 Å². The van der Waals surface area contributed by atoms with Gasteiger partial charge < -0.3 is 35.8 Å². The second kappa shape index (κ2) is 17.7. The molecule has 0 bridgehead atoms. The fourth-order valence-corrected chi connectivity index (χ4v) is 5.10.